The highest BCUT2D eigenvalue weighted by atomic mass is 35.5. The van der Waals surface area contributed by atoms with Crippen LogP contribution < -0.4 is 0 Å². The van der Waals surface area contributed by atoms with E-state index in [0.717, 1.165) is 12.8 Å². The quantitative estimate of drug-likeness (QED) is 0.671. The van der Waals surface area contributed by atoms with Crippen LogP contribution in [0.25, 0.3) is 0 Å². The van der Waals surface area contributed by atoms with E-state index in [1.54, 1.807) is 11.8 Å². The molecule has 2 amide bonds. The lowest BCUT2D eigenvalue weighted by Gasteiger charge is -2.35. The Balaban J connectivity index is 1.82. The van der Waals surface area contributed by atoms with Crippen LogP contribution in [0.1, 0.15) is 19.8 Å². The average Bonchev–Trinajstić information content (AvgIpc) is 3.11. The summed E-state index contributed by atoms with van der Waals surface area (Å²) in [6, 6.07) is 0. The molecule has 1 aliphatic heterocycles. The Labute approximate surface area is 101 Å². The van der Waals surface area contributed by atoms with Crippen LogP contribution in [0.3, 0.4) is 0 Å². The molecular formula is C11H17ClN2O2. The van der Waals surface area contributed by atoms with E-state index in [9.17, 15) is 9.59 Å². The Kier molecular flexibility index (Phi) is 3.38. The molecule has 0 N–H and O–H groups in total. The van der Waals surface area contributed by atoms with Gasteiger partial charge in [0.05, 0.1) is 0 Å². The standard InChI is InChI=1S/C11H17ClN2O2/c1-8(12)10(15)13-4-6-14(7-5-13)11(16)9-2-3-9/h8-9H,2-7H2,1H3/t8-/m0/s1. The summed E-state index contributed by atoms with van der Waals surface area (Å²) in [7, 11) is 0. The van der Waals surface area contributed by atoms with Crippen molar-refractivity contribution in [1.29, 1.82) is 0 Å². The molecule has 0 aromatic heterocycles. The van der Waals surface area contributed by atoms with Crippen molar-refractivity contribution < 1.29 is 9.59 Å². The molecular weight excluding hydrogens is 228 g/mol. The average molecular weight is 245 g/mol. The number of hydrogen-bond acceptors (Lipinski definition) is 2. The van der Waals surface area contributed by atoms with Gasteiger partial charge in [-0.2, -0.15) is 0 Å². The molecule has 16 heavy (non-hydrogen) atoms. The minimum atomic E-state index is -0.467. The van der Waals surface area contributed by atoms with Crippen molar-refractivity contribution in [1.82, 2.24) is 9.80 Å². The molecule has 5 heteroatoms. The summed E-state index contributed by atoms with van der Waals surface area (Å²) in [6.07, 6.45) is 2.08. The molecule has 0 bridgehead atoms. The Morgan fingerprint density at radius 2 is 1.62 bits per heavy atom. The predicted molar refractivity (Wildman–Crippen MR) is 61.2 cm³/mol. The van der Waals surface area contributed by atoms with Crippen LogP contribution in [0.2, 0.25) is 0 Å². The van der Waals surface area contributed by atoms with Gasteiger partial charge >= 0.3 is 0 Å². The molecule has 0 aromatic carbocycles. The molecule has 1 aliphatic carbocycles. The Hall–Kier alpha value is -0.770. The van der Waals surface area contributed by atoms with Gasteiger partial charge < -0.3 is 9.80 Å². The fourth-order valence-corrected chi connectivity index (χ4v) is 2.13. The monoisotopic (exact) mass is 244 g/mol. The topological polar surface area (TPSA) is 40.6 Å². The van der Waals surface area contributed by atoms with E-state index in [2.05, 4.69) is 0 Å². The second kappa shape index (κ2) is 4.62. The maximum Gasteiger partial charge on any atom is 0.240 e. The first-order valence-corrected chi connectivity index (χ1v) is 6.25. The first kappa shape index (κ1) is 11.7. The van der Waals surface area contributed by atoms with Crippen molar-refractivity contribution in [3.63, 3.8) is 0 Å². The number of hydrogen-bond donors (Lipinski definition) is 0. The van der Waals surface area contributed by atoms with E-state index in [1.165, 1.54) is 0 Å². The minimum absolute atomic E-state index is 0.0276. The second-order valence-electron chi connectivity index (χ2n) is 4.54. The number of piperazine rings is 1. The molecule has 2 fully saturated rings. The van der Waals surface area contributed by atoms with Gasteiger partial charge in [-0.25, -0.2) is 0 Å². The third-order valence-corrected chi connectivity index (χ3v) is 3.36. The zero-order valence-electron chi connectivity index (χ0n) is 9.49. The number of carbonyl (C=O) groups is 2. The summed E-state index contributed by atoms with van der Waals surface area (Å²) in [4.78, 5) is 27.0. The molecule has 2 aliphatic rings. The van der Waals surface area contributed by atoms with Crippen LogP contribution in [-0.2, 0) is 9.59 Å². The highest BCUT2D eigenvalue weighted by molar-refractivity contribution is 6.30. The van der Waals surface area contributed by atoms with Gasteiger partial charge in [-0.1, -0.05) is 0 Å². The van der Waals surface area contributed by atoms with E-state index < -0.39 is 5.38 Å². The first-order valence-electron chi connectivity index (χ1n) is 5.81. The summed E-state index contributed by atoms with van der Waals surface area (Å²) in [6.45, 7) is 4.24. The molecule has 0 unspecified atom stereocenters. The number of rotatable bonds is 2. The lowest BCUT2D eigenvalue weighted by atomic mass is 10.2. The summed E-state index contributed by atoms with van der Waals surface area (Å²) in [5.41, 5.74) is 0. The van der Waals surface area contributed by atoms with Crippen LogP contribution >= 0.6 is 11.6 Å². The molecule has 1 saturated carbocycles. The number of nitrogens with zero attached hydrogens (tertiary/aromatic N) is 2. The predicted octanol–water partition coefficient (Wildman–Crippen LogP) is 0.695. The summed E-state index contributed by atoms with van der Waals surface area (Å²) < 4.78 is 0. The third-order valence-electron chi connectivity index (χ3n) is 3.17. The smallest absolute Gasteiger partial charge is 0.240 e. The van der Waals surface area contributed by atoms with Crippen LogP contribution in [0.4, 0.5) is 0 Å². The van der Waals surface area contributed by atoms with E-state index in [4.69, 9.17) is 11.6 Å². The van der Waals surface area contributed by atoms with Gasteiger partial charge in [0, 0.05) is 32.1 Å². The third kappa shape index (κ3) is 2.48. The molecule has 2 rings (SSSR count). The summed E-state index contributed by atoms with van der Waals surface area (Å²) in [5.74, 6) is 0.514. The van der Waals surface area contributed by atoms with Gasteiger partial charge in [0.25, 0.3) is 0 Å². The molecule has 90 valence electrons. The molecule has 1 heterocycles. The van der Waals surface area contributed by atoms with Gasteiger partial charge in [-0.05, 0) is 19.8 Å². The Morgan fingerprint density at radius 1 is 1.12 bits per heavy atom. The largest absolute Gasteiger partial charge is 0.339 e. The number of amides is 2. The summed E-state index contributed by atoms with van der Waals surface area (Å²) >= 11 is 5.75. The van der Waals surface area contributed by atoms with Crippen molar-refractivity contribution >= 4 is 23.4 Å². The van der Waals surface area contributed by atoms with Crippen molar-refractivity contribution in [3.05, 3.63) is 0 Å². The molecule has 1 saturated heterocycles. The molecule has 0 radical (unpaired) electrons. The van der Waals surface area contributed by atoms with E-state index in [0.29, 0.717) is 26.2 Å². The normalized spacial score (nSPS) is 23.1. The zero-order valence-corrected chi connectivity index (χ0v) is 10.2. The molecule has 0 aromatic rings. The van der Waals surface area contributed by atoms with Gasteiger partial charge in [0.2, 0.25) is 11.8 Å². The van der Waals surface area contributed by atoms with Gasteiger partial charge in [0.15, 0.2) is 0 Å². The fourth-order valence-electron chi connectivity index (χ4n) is 1.99. The van der Waals surface area contributed by atoms with Crippen molar-refractivity contribution in [2.45, 2.75) is 25.1 Å². The Bertz CT molecular complexity index is 272. The zero-order chi connectivity index (χ0) is 11.7. The first-order chi connectivity index (χ1) is 7.59. The van der Waals surface area contributed by atoms with Crippen molar-refractivity contribution in [2.24, 2.45) is 5.92 Å². The van der Waals surface area contributed by atoms with Crippen LogP contribution in [-0.4, -0.2) is 53.2 Å². The maximum absolute atomic E-state index is 11.8. The van der Waals surface area contributed by atoms with Gasteiger partial charge in [-0.3, -0.25) is 9.59 Å². The Morgan fingerprint density at radius 3 is 2.06 bits per heavy atom. The minimum Gasteiger partial charge on any atom is -0.339 e. The highest BCUT2D eigenvalue weighted by Crippen LogP contribution is 2.31. The van der Waals surface area contributed by atoms with Crippen LogP contribution in [0.15, 0.2) is 0 Å². The summed E-state index contributed by atoms with van der Waals surface area (Å²) in [5, 5.41) is -0.467. The maximum atomic E-state index is 11.8. The number of halogens is 1. The number of alkyl halides is 1. The van der Waals surface area contributed by atoms with Gasteiger partial charge in [0.1, 0.15) is 5.38 Å². The molecule has 0 spiro atoms. The van der Waals surface area contributed by atoms with Gasteiger partial charge in [-0.15, -0.1) is 11.6 Å². The van der Waals surface area contributed by atoms with Crippen LogP contribution in [0.5, 0.6) is 0 Å². The van der Waals surface area contributed by atoms with E-state index in [-0.39, 0.29) is 17.7 Å². The van der Waals surface area contributed by atoms with Crippen molar-refractivity contribution in [3.8, 4) is 0 Å². The molecule has 4 nitrogen and oxygen atoms in total. The van der Waals surface area contributed by atoms with Crippen molar-refractivity contribution in [2.75, 3.05) is 26.2 Å². The van der Waals surface area contributed by atoms with E-state index in [1.807, 2.05) is 4.90 Å². The highest BCUT2D eigenvalue weighted by Gasteiger charge is 2.35. The lowest BCUT2D eigenvalue weighted by Crippen LogP contribution is -2.52. The molecule has 1 atom stereocenters. The number of carbonyl (C=O) groups excluding carboxylic acids is 2. The fraction of sp³-hybridized carbons (Fsp3) is 0.818. The van der Waals surface area contributed by atoms with Crippen LogP contribution in [0, 0.1) is 5.92 Å². The lowest BCUT2D eigenvalue weighted by molar-refractivity contribution is -0.139. The second-order valence-corrected chi connectivity index (χ2v) is 5.20. The SMILES string of the molecule is C[C@H](Cl)C(=O)N1CCN(C(=O)C2CC2)CC1. The van der Waals surface area contributed by atoms with E-state index >= 15 is 0 Å².